The Balaban J connectivity index is 2.04. The Bertz CT molecular complexity index is 871. The van der Waals surface area contributed by atoms with Crippen LogP contribution in [-0.4, -0.2) is 20.9 Å². The van der Waals surface area contributed by atoms with Crippen LogP contribution in [0.5, 0.6) is 0 Å². The van der Waals surface area contributed by atoms with Gasteiger partial charge in [0.15, 0.2) is 0 Å². The van der Waals surface area contributed by atoms with Crippen molar-refractivity contribution in [3.8, 4) is 12.3 Å². The Morgan fingerprint density at radius 1 is 1.12 bits per heavy atom. The molecular weight excluding hydrogens is 348 g/mol. The molecule has 124 valence electrons. The molecule has 0 bridgehead atoms. The third-order valence-electron chi connectivity index (χ3n) is 3.19. The highest BCUT2D eigenvalue weighted by Gasteiger charge is 2.14. The van der Waals surface area contributed by atoms with Crippen LogP contribution in [0, 0.1) is 12.3 Å². The van der Waals surface area contributed by atoms with Crippen LogP contribution in [0.4, 0.5) is 0 Å². The number of amides is 1. The number of terminal acetylenes is 1. The Hall–Kier alpha value is -2.33. The van der Waals surface area contributed by atoms with E-state index in [0.717, 1.165) is 5.56 Å². The first-order valence-corrected chi connectivity index (χ1v) is 8.85. The fourth-order valence-corrected chi connectivity index (χ4v) is 3.06. The minimum atomic E-state index is -3.67. The second-order valence-corrected chi connectivity index (χ2v) is 7.00. The largest absolute Gasteiger partial charge is 0.348 e. The van der Waals surface area contributed by atoms with E-state index < -0.39 is 10.0 Å². The molecule has 0 radical (unpaired) electrons. The van der Waals surface area contributed by atoms with Crippen LogP contribution in [0.1, 0.15) is 15.9 Å². The first-order valence-electron chi connectivity index (χ1n) is 6.99. The van der Waals surface area contributed by atoms with Gasteiger partial charge in [0.1, 0.15) is 0 Å². The molecule has 0 aliphatic heterocycles. The molecule has 24 heavy (non-hydrogen) atoms. The molecule has 2 aromatic rings. The molecule has 2 N–H and O–H groups in total. The summed E-state index contributed by atoms with van der Waals surface area (Å²) in [6.45, 7) is 0.185. The SMILES string of the molecule is C#CCNS(=O)(=O)c1ccc(C(=O)NCc2ccccc2Cl)cc1. The molecule has 0 saturated heterocycles. The monoisotopic (exact) mass is 362 g/mol. The van der Waals surface area contributed by atoms with E-state index in [2.05, 4.69) is 16.0 Å². The molecule has 0 aliphatic carbocycles. The summed E-state index contributed by atoms with van der Waals surface area (Å²) in [7, 11) is -3.67. The van der Waals surface area contributed by atoms with Gasteiger partial charge in [-0.1, -0.05) is 35.7 Å². The van der Waals surface area contributed by atoms with Crippen LogP contribution >= 0.6 is 11.6 Å². The molecule has 1 amide bonds. The second-order valence-electron chi connectivity index (χ2n) is 4.83. The van der Waals surface area contributed by atoms with Crippen LogP contribution in [0.25, 0.3) is 0 Å². The fourth-order valence-electron chi connectivity index (χ4n) is 1.92. The van der Waals surface area contributed by atoms with E-state index in [0.29, 0.717) is 10.6 Å². The Morgan fingerprint density at radius 3 is 2.42 bits per heavy atom. The zero-order chi connectivity index (χ0) is 17.6. The highest BCUT2D eigenvalue weighted by molar-refractivity contribution is 7.89. The number of hydrogen-bond donors (Lipinski definition) is 2. The lowest BCUT2D eigenvalue weighted by atomic mass is 10.2. The van der Waals surface area contributed by atoms with Crippen LogP contribution in [0.3, 0.4) is 0 Å². The van der Waals surface area contributed by atoms with Gasteiger partial charge in [0.05, 0.1) is 11.4 Å². The van der Waals surface area contributed by atoms with Gasteiger partial charge in [-0.05, 0) is 35.9 Å². The third kappa shape index (κ3) is 4.59. The van der Waals surface area contributed by atoms with Crippen molar-refractivity contribution in [1.82, 2.24) is 10.0 Å². The fraction of sp³-hybridized carbons (Fsp3) is 0.118. The minimum Gasteiger partial charge on any atom is -0.348 e. The van der Waals surface area contributed by atoms with Crippen molar-refractivity contribution in [2.45, 2.75) is 11.4 Å². The number of carbonyl (C=O) groups is 1. The maximum atomic E-state index is 12.1. The van der Waals surface area contributed by atoms with Gasteiger partial charge in [0.2, 0.25) is 10.0 Å². The first kappa shape index (κ1) is 18.0. The van der Waals surface area contributed by atoms with Crippen molar-refractivity contribution in [2.75, 3.05) is 6.54 Å². The van der Waals surface area contributed by atoms with Crippen LogP contribution in [0.15, 0.2) is 53.4 Å². The van der Waals surface area contributed by atoms with E-state index in [4.69, 9.17) is 18.0 Å². The van der Waals surface area contributed by atoms with Gasteiger partial charge in [-0.2, -0.15) is 4.72 Å². The average Bonchev–Trinajstić information content (AvgIpc) is 2.59. The molecule has 0 unspecified atom stereocenters. The summed E-state index contributed by atoms with van der Waals surface area (Å²) >= 11 is 6.03. The van der Waals surface area contributed by atoms with E-state index >= 15 is 0 Å². The predicted molar refractivity (Wildman–Crippen MR) is 93.1 cm³/mol. The summed E-state index contributed by atoms with van der Waals surface area (Å²) in [4.78, 5) is 12.2. The van der Waals surface area contributed by atoms with Gasteiger partial charge in [0, 0.05) is 17.1 Å². The van der Waals surface area contributed by atoms with E-state index in [1.807, 2.05) is 12.1 Å². The molecule has 5 nitrogen and oxygen atoms in total. The van der Waals surface area contributed by atoms with Crippen LogP contribution in [-0.2, 0) is 16.6 Å². The van der Waals surface area contributed by atoms with Gasteiger partial charge >= 0.3 is 0 Å². The summed E-state index contributed by atoms with van der Waals surface area (Å²) < 4.78 is 26.0. The Kier molecular flexibility index (Phi) is 5.99. The Morgan fingerprint density at radius 2 is 1.79 bits per heavy atom. The molecule has 2 rings (SSSR count). The molecule has 0 aliphatic rings. The lowest BCUT2D eigenvalue weighted by molar-refractivity contribution is 0.0951. The average molecular weight is 363 g/mol. The summed E-state index contributed by atoms with van der Waals surface area (Å²) in [5.74, 6) is 1.87. The number of rotatable bonds is 6. The van der Waals surface area contributed by atoms with Crippen molar-refractivity contribution in [1.29, 1.82) is 0 Å². The number of hydrogen-bond acceptors (Lipinski definition) is 3. The Labute approximate surface area is 146 Å². The summed E-state index contributed by atoms with van der Waals surface area (Å²) in [6.07, 6.45) is 5.03. The molecule has 0 atom stereocenters. The molecule has 0 fully saturated rings. The van der Waals surface area contributed by atoms with Gasteiger partial charge in [-0.3, -0.25) is 4.79 Å². The number of sulfonamides is 1. The lowest BCUT2D eigenvalue weighted by Crippen LogP contribution is -2.25. The van der Waals surface area contributed by atoms with E-state index in [1.165, 1.54) is 24.3 Å². The second kappa shape index (κ2) is 7.97. The number of nitrogens with one attached hydrogen (secondary N) is 2. The van der Waals surface area contributed by atoms with E-state index in [9.17, 15) is 13.2 Å². The van der Waals surface area contributed by atoms with Crippen molar-refractivity contribution >= 4 is 27.5 Å². The molecule has 0 saturated carbocycles. The molecule has 7 heteroatoms. The highest BCUT2D eigenvalue weighted by Crippen LogP contribution is 2.15. The third-order valence-corrected chi connectivity index (χ3v) is 4.97. The topological polar surface area (TPSA) is 75.3 Å². The number of carbonyl (C=O) groups excluding carboxylic acids is 1. The standard InChI is InChI=1S/C17H15ClN2O3S/c1-2-11-20-24(22,23)15-9-7-13(8-10-15)17(21)19-12-14-5-3-4-6-16(14)18/h1,3-10,20H,11-12H2,(H,19,21). The van der Waals surface area contributed by atoms with Gasteiger partial charge in [0.25, 0.3) is 5.91 Å². The van der Waals surface area contributed by atoms with E-state index in [1.54, 1.807) is 12.1 Å². The zero-order valence-corrected chi connectivity index (χ0v) is 14.2. The van der Waals surface area contributed by atoms with Crippen molar-refractivity contribution in [3.05, 3.63) is 64.7 Å². The lowest BCUT2D eigenvalue weighted by Gasteiger charge is -2.08. The summed E-state index contributed by atoms with van der Waals surface area (Å²) in [5.41, 5.74) is 1.14. The minimum absolute atomic E-state index is 0.0420. The maximum Gasteiger partial charge on any atom is 0.251 e. The van der Waals surface area contributed by atoms with Crippen molar-refractivity contribution in [2.24, 2.45) is 0 Å². The summed E-state index contributed by atoms with van der Waals surface area (Å²) in [6, 6.07) is 12.8. The van der Waals surface area contributed by atoms with Crippen molar-refractivity contribution < 1.29 is 13.2 Å². The van der Waals surface area contributed by atoms with Crippen molar-refractivity contribution in [3.63, 3.8) is 0 Å². The number of benzene rings is 2. The molecule has 2 aromatic carbocycles. The predicted octanol–water partition coefficient (Wildman–Crippen LogP) is 2.18. The maximum absolute atomic E-state index is 12.1. The highest BCUT2D eigenvalue weighted by atomic mass is 35.5. The van der Waals surface area contributed by atoms with Gasteiger partial charge in [-0.25, -0.2) is 8.42 Å². The van der Waals surface area contributed by atoms with Crippen LogP contribution < -0.4 is 10.0 Å². The van der Waals surface area contributed by atoms with E-state index in [-0.39, 0.29) is 23.9 Å². The summed E-state index contributed by atoms with van der Waals surface area (Å²) in [5, 5.41) is 3.30. The van der Waals surface area contributed by atoms with Gasteiger partial charge < -0.3 is 5.32 Å². The number of halogens is 1. The molecule has 0 aromatic heterocycles. The smallest absolute Gasteiger partial charge is 0.251 e. The van der Waals surface area contributed by atoms with Crippen LogP contribution in [0.2, 0.25) is 5.02 Å². The molecular formula is C17H15ClN2O3S. The first-order chi connectivity index (χ1) is 11.4. The molecule has 0 spiro atoms. The quantitative estimate of drug-likeness (QED) is 0.773. The zero-order valence-electron chi connectivity index (χ0n) is 12.6. The van der Waals surface area contributed by atoms with Gasteiger partial charge in [-0.15, -0.1) is 6.42 Å². The molecule has 0 heterocycles. The normalized spacial score (nSPS) is 10.8.